The molecule has 3 heterocycles. The van der Waals surface area contributed by atoms with Crippen molar-refractivity contribution >= 4 is 45.0 Å². The molecule has 7 nitrogen and oxygen atoms in total. The van der Waals surface area contributed by atoms with Crippen molar-refractivity contribution in [3.63, 3.8) is 0 Å². The van der Waals surface area contributed by atoms with Crippen molar-refractivity contribution < 1.29 is 4.79 Å². The lowest BCUT2D eigenvalue weighted by Crippen LogP contribution is -2.25. The van der Waals surface area contributed by atoms with Gasteiger partial charge in [-0.15, -0.1) is 11.3 Å². The summed E-state index contributed by atoms with van der Waals surface area (Å²) in [6, 6.07) is 1.95. The largest absolute Gasteiger partial charge is 0.310 e. The minimum atomic E-state index is -0.132. The number of fused-ring (bicyclic) bond motifs is 3. The molecule has 0 saturated carbocycles. The number of anilines is 1. The fourth-order valence-corrected chi connectivity index (χ4v) is 6.18. The molecule has 0 spiro atoms. The average molecular weight is 474 g/mol. The highest BCUT2D eigenvalue weighted by Crippen LogP contribution is 2.34. The molecule has 0 radical (unpaired) electrons. The second kappa shape index (κ2) is 9.79. The highest BCUT2D eigenvalue weighted by Gasteiger charge is 2.23. The number of carbonyl (C=O) groups is 1. The van der Waals surface area contributed by atoms with Crippen LogP contribution in [0.25, 0.3) is 10.2 Å². The van der Waals surface area contributed by atoms with Crippen LogP contribution in [0.4, 0.5) is 5.82 Å². The zero-order valence-corrected chi connectivity index (χ0v) is 20.8. The Labute approximate surface area is 196 Å². The van der Waals surface area contributed by atoms with Gasteiger partial charge in [0.1, 0.15) is 10.6 Å². The van der Waals surface area contributed by atoms with Crippen molar-refractivity contribution in [3.8, 4) is 0 Å². The second-order valence-corrected chi connectivity index (χ2v) is 11.0. The molecule has 3 aromatic rings. The first-order valence-corrected chi connectivity index (χ1v) is 13.2. The zero-order valence-electron chi connectivity index (χ0n) is 19.2. The van der Waals surface area contributed by atoms with Gasteiger partial charge in [-0.05, 0) is 57.4 Å². The molecule has 1 N–H and O–H groups in total. The van der Waals surface area contributed by atoms with E-state index in [1.165, 1.54) is 28.6 Å². The zero-order chi connectivity index (χ0) is 22.8. The molecule has 172 valence electrons. The third-order valence-corrected chi connectivity index (χ3v) is 7.89. The maximum atomic E-state index is 13.5. The Morgan fingerprint density at radius 2 is 2.03 bits per heavy atom. The SMILES string of the molecule is CC(C)CCn1c(SCC(=O)Nc2ccnn2C(C)C)nc2sc3c(c2c1=O)CCCC3. The van der Waals surface area contributed by atoms with Gasteiger partial charge in [0.25, 0.3) is 5.56 Å². The van der Waals surface area contributed by atoms with Crippen LogP contribution in [0.3, 0.4) is 0 Å². The number of nitrogens with zero attached hydrogens (tertiary/aromatic N) is 4. The van der Waals surface area contributed by atoms with Gasteiger partial charge in [0, 0.05) is 23.5 Å². The molecule has 0 unspecified atom stereocenters. The van der Waals surface area contributed by atoms with Crippen molar-refractivity contribution in [2.24, 2.45) is 5.92 Å². The number of hydrogen-bond donors (Lipinski definition) is 1. The van der Waals surface area contributed by atoms with Crippen LogP contribution in [0.15, 0.2) is 22.2 Å². The first kappa shape index (κ1) is 23.0. The second-order valence-electron chi connectivity index (χ2n) is 9.02. The van der Waals surface area contributed by atoms with Crippen LogP contribution in [-0.4, -0.2) is 31.0 Å². The maximum Gasteiger partial charge on any atom is 0.263 e. The van der Waals surface area contributed by atoms with E-state index >= 15 is 0 Å². The molecule has 0 saturated heterocycles. The van der Waals surface area contributed by atoms with Crippen molar-refractivity contribution in [3.05, 3.63) is 33.1 Å². The van der Waals surface area contributed by atoms with E-state index in [1.54, 1.807) is 32.8 Å². The van der Waals surface area contributed by atoms with E-state index in [0.717, 1.165) is 35.9 Å². The molecule has 1 aliphatic carbocycles. The number of hydrogen-bond acceptors (Lipinski definition) is 6. The van der Waals surface area contributed by atoms with E-state index in [-0.39, 0.29) is 23.3 Å². The number of nitrogens with one attached hydrogen (secondary N) is 1. The van der Waals surface area contributed by atoms with Gasteiger partial charge in [0.2, 0.25) is 5.91 Å². The Hall–Kier alpha value is -2.13. The minimum absolute atomic E-state index is 0.0517. The van der Waals surface area contributed by atoms with Gasteiger partial charge >= 0.3 is 0 Å². The number of aryl methyl sites for hydroxylation is 2. The van der Waals surface area contributed by atoms with Crippen molar-refractivity contribution in [2.45, 2.75) is 77.5 Å². The standard InChI is InChI=1S/C23H31N5O2S2/c1-14(2)10-12-27-22(30)20-16-7-5-6-8-17(16)32-21(20)26-23(27)31-13-19(29)25-18-9-11-24-28(18)15(3)4/h9,11,14-15H,5-8,10,12-13H2,1-4H3,(H,25,29). The van der Waals surface area contributed by atoms with Gasteiger partial charge in [0.15, 0.2) is 5.16 Å². The summed E-state index contributed by atoms with van der Waals surface area (Å²) >= 11 is 2.99. The summed E-state index contributed by atoms with van der Waals surface area (Å²) < 4.78 is 3.57. The van der Waals surface area contributed by atoms with E-state index in [2.05, 4.69) is 24.3 Å². The predicted molar refractivity (Wildman–Crippen MR) is 132 cm³/mol. The van der Waals surface area contributed by atoms with E-state index < -0.39 is 0 Å². The van der Waals surface area contributed by atoms with Gasteiger partial charge in [-0.2, -0.15) is 5.10 Å². The van der Waals surface area contributed by atoms with Crippen LogP contribution in [0.1, 0.15) is 63.4 Å². The first-order valence-electron chi connectivity index (χ1n) is 11.4. The van der Waals surface area contributed by atoms with Crippen LogP contribution in [0.5, 0.6) is 0 Å². The summed E-state index contributed by atoms with van der Waals surface area (Å²) in [6.07, 6.45) is 6.89. The molecule has 32 heavy (non-hydrogen) atoms. The first-order chi connectivity index (χ1) is 15.3. The van der Waals surface area contributed by atoms with Gasteiger partial charge in [-0.1, -0.05) is 25.6 Å². The summed E-state index contributed by atoms with van der Waals surface area (Å²) in [4.78, 5) is 33.2. The third-order valence-electron chi connectivity index (χ3n) is 5.73. The lowest BCUT2D eigenvalue weighted by molar-refractivity contribution is -0.113. The molecule has 0 bridgehead atoms. The summed E-state index contributed by atoms with van der Waals surface area (Å²) in [7, 11) is 0. The van der Waals surface area contributed by atoms with Gasteiger partial charge in [-0.3, -0.25) is 14.2 Å². The average Bonchev–Trinajstić information content (AvgIpc) is 3.35. The number of thiophene rings is 1. The normalized spacial score (nSPS) is 13.8. The van der Waals surface area contributed by atoms with Crippen molar-refractivity contribution in [1.82, 2.24) is 19.3 Å². The van der Waals surface area contributed by atoms with E-state index in [1.807, 2.05) is 13.8 Å². The Morgan fingerprint density at radius 1 is 1.25 bits per heavy atom. The molecule has 0 atom stereocenters. The molecule has 9 heteroatoms. The van der Waals surface area contributed by atoms with Crippen LogP contribution in [0.2, 0.25) is 0 Å². The molecule has 1 aliphatic rings. The number of aromatic nitrogens is 4. The fraction of sp³-hybridized carbons (Fsp3) is 0.565. The molecule has 1 amide bonds. The van der Waals surface area contributed by atoms with E-state index in [9.17, 15) is 9.59 Å². The number of amides is 1. The summed E-state index contributed by atoms with van der Waals surface area (Å²) in [5.74, 6) is 1.21. The summed E-state index contributed by atoms with van der Waals surface area (Å²) in [5.41, 5.74) is 1.26. The Morgan fingerprint density at radius 3 is 2.78 bits per heavy atom. The van der Waals surface area contributed by atoms with E-state index in [0.29, 0.717) is 23.4 Å². The Balaban J connectivity index is 1.60. The van der Waals surface area contributed by atoms with E-state index in [4.69, 9.17) is 4.98 Å². The summed E-state index contributed by atoms with van der Waals surface area (Å²) in [6.45, 7) is 8.96. The molecule has 0 aliphatic heterocycles. The van der Waals surface area contributed by atoms with Gasteiger partial charge < -0.3 is 5.32 Å². The fourth-order valence-electron chi connectivity index (χ4n) is 4.05. The van der Waals surface area contributed by atoms with Gasteiger partial charge in [-0.25, -0.2) is 9.67 Å². The predicted octanol–water partition coefficient (Wildman–Crippen LogP) is 4.89. The molecule has 0 aromatic carbocycles. The molecule has 3 aromatic heterocycles. The third kappa shape index (κ3) is 4.78. The van der Waals surface area contributed by atoms with Crippen molar-refractivity contribution in [2.75, 3.05) is 11.1 Å². The quantitative estimate of drug-likeness (QED) is 0.372. The number of rotatable bonds is 8. The van der Waals surface area contributed by atoms with Crippen LogP contribution >= 0.6 is 23.1 Å². The Kier molecular flexibility index (Phi) is 7.05. The smallest absolute Gasteiger partial charge is 0.263 e. The molecular formula is C23H31N5O2S2. The topological polar surface area (TPSA) is 81.8 Å². The maximum absolute atomic E-state index is 13.5. The number of carbonyl (C=O) groups excluding carboxylic acids is 1. The summed E-state index contributed by atoms with van der Waals surface area (Å²) in [5, 5.41) is 8.63. The van der Waals surface area contributed by atoms with Gasteiger partial charge in [0.05, 0.1) is 17.3 Å². The lowest BCUT2D eigenvalue weighted by Gasteiger charge is -2.15. The molecule has 4 rings (SSSR count). The monoisotopic (exact) mass is 473 g/mol. The van der Waals surface area contributed by atoms with Crippen LogP contribution in [0, 0.1) is 5.92 Å². The van der Waals surface area contributed by atoms with Crippen molar-refractivity contribution in [1.29, 1.82) is 0 Å². The van der Waals surface area contributed by atoms with Crippen LogP contribution < -0.4 is 10.9 Å². The minimum Gasteiger partial charge on any atom is -0.310 e. The molecular weight excluding hydrogens is 442 g/mol. The number of thioether (sulfide) groups is 1. The highest BCUT2D eigenvalue weighted by atomic mass is 32.2. The van der Waals surface area contributed by atoms with Crippen LogP contribution in [-0.2, 0) is 24.2 Å². The Bertz CT molecular complexity index is 1180. The molecule has 0 fully saturated rings. The highest BCUT2D eigenvalue weighted by molar-refractivity contribution is 7.99. The lowest BCUT2D eigenvalue weighted by atomic mass is 9.97.